The number of thioether (sulfide) groups is 1. The number of carbonyl (C=O) groups is 1. The maximum atomic E-state index is 12.7. The van der Waals surface area contributed by atoms with E-state index in [1.165, 1.54) is 17.3 Å². The number of amides is 1. The molecular formula is C23H26ClN5OS. The highest BCUT2D eigenvalue weighted by atomic mass is 35.5. The summed E-state index contributed by atoms with van der Waals surface area (Å²) in [5.41, 5.74) is 3.21. The highest BCUT2D eigenvalue weighted by molar-refractivity contribution is 8.00. The minimum atomic E-state index is -0.313. The number of rotatable bonds is 7. The number of aromatic nitrogens is 3. The number of nitrogens with zero attached hydrogens (tertiary/aromatic N) is 4. The summed E-state index contributed by atoms with van der Waals surface area (Å²) in [4.78, 5) is 15.0. The van der Waals surface area contributed by atoms with Gasteiger partial charge >= 0.3 is 0 Å². The summed E-state index contributed by atoms with van der Waals surface area (Å²) in [5, 5.41) is 13.0. The quantitative estimate of drug-likeness (QED) is 0.526. The van der Waals surface area contributed by atoms with Crippen LogP contribution >= 0.6 is 23.4 Å². The van der Waals surface area contributed by atoms with Crippen LogP contribution in [0.2, 0.25) is 5.02 Å². The molecule has 8 heteroatoms. The van der Waals surface area contributed by atoms with E-state index in [4.69, 9.17) is 11.6 Å². The van der Waals surface area contributed by atoms with Gasteiger partial charge in [0.15, 0.2) is 5.16 Å². The molecule has 1 aromatic heterocycles. The van der Waals surface area contributed by atoms with E-state index in [-0.39, 0.29) is 11.2 Å². The Kier molecular flexibility index (Phi) is 6.83. The molecule has 0 radical (unpaired) electrons. The Bertz CT molecular complexity index is 1030. The fourth-order valence-corrected chi connectivity index (χ4v) is 4.54. The summed E-state index contributed by atoms with van der Waals surface area (Å²) in [6.45, 7) is 6.38. The lowest BCUT2D eigenvalue weighted by Gasteiger charge is -2.19. The molecule has 1 saturated heterocycles. The Balaban J connectivity index is 1.50. The van der Waals surface area contributed by atoms with E-state index in [0.29, 0.717) is 11.6 Å². The fourth-order valence-electron chi connectivity index (χ4n) is 3.53. The third kappa shape index (κ3) is 5.22. The van der Waals surface area contributed by atoms with Gasteiger partial charge in [0, 0.05) is 24.7 Å². The van der Waals surface area contributed by atoms with Gasteiger partial charge in [-0.3, -0.25) is 9.36 Å². The van der Waals surface area contributed by atoms with Crippen molar-refractivity contribution in [2.45, 2.75) is 43.6 Å². The zero-order valence-electron chi connectivity index (χ0n) is 17.7. The van der Waals surface area contributed by atoms with Crippen molar-refractivity contribution >= 4 is 35.2 Å². The van der Waals surface area contributed by atoms with Crippen LogP contribution in [0.3, 0.4) is 0 Å². The number of benzene rings is 2. The van der Waals surface area contributed by atoms with Gasteiger partial charge in [-0.1, -0.05) is 53.2 Å². The summed E-state index contributed by atoms with van der Waals surface area (Å²) in [6.07, 6.45) is 2.32. The van der Waals surface area contributed by atoms with Crippen LogP contribution < -0.4 is 10.2 Å². The second-order valence-corrected chi connectivity index (χ2v) is 9.50. The van der Waals surface area contributed by atoms with E-state index < -0.39 is 0 Å². The summed E-state index contributed by atoms with van der Waals surface area (Å²) in [6, 6.07) is 15.8. The Morgan fingerprint density at radius 3 is 2.45 bits per heavy atom. The van der Waals surface area contributed by atoms with Gasteiger partial charge in [-0.25, -0.2) is 0 Å². The largest absolute Gasteiger partial charge is 0.351 e. The van der Waals surface area contributed by atoms with Gasteiger partial charge in [0.25, 0.3) is 0 Å². The van der Waals surface area contributed by atoms with Gasteiger partial charge in [-0.2, -0.15) is 0 Å². The van der Waals surface area contributed by atoms with Gasteiger partial charge in [-0.15, -0.1) is 10.2 Å². The number of nitrogens with one attached hydrogen (secondary N) is 1. The van der Waals surface area contributed by atoms with E-state index in [0.717, 1.165) is 48.3 Å². The van der Waals surface area contributed by atoms with Crippen molar-refractivity contribution in [3.05, 3.63) is 64.7 Å². The molecule has 1 aliphatic heterocycles. The number of halogens is 1. The van der Waals surface area contributed by atoms with Crippen LogP contribution in [0.4, 0.5) is 5.95 Å². The van der Waals surface area contributed by atoms with Gasteiger partial charge in [0.1, 0.15) is 0 Å². The first-order valence-electron chi connectivity index (χ1n) is 10.5. The maximum absolute atomic E-state index is 12.7. The molecule has 1 aliphatic rings. The summed E-state index contributed by atoms with van der Waals surface area (Å²) < 4.78 is 2.07. The molecule has 2 aromatic carbocycles. The molecule has 1 unspecified atom stereocenters. The fraction of sp³-hybridized carbons (Fsp3) is 0.348. The van der Waals surface area contributed by atoms with Crippen molar-refractivity contribution in [2.24, 2.45) is 0 Å². The van der Waals surface area contributed by atoms with E-state index in [9.17, 15) is 4.79 Å². The molecule has 1 N–H and O–H groups in total. The lowest BCUT2D eigenvalue weighted by molar-refractivity contribution is -0.120. The van der Waals surface area contributed by atoms with Crippen LogP contribution in [0.25, 0.3) is 5.69 Å². The lowest BCUT2D eigenvalue weighted by atomic mass is 10.2. The summed E-state index contributed by atoms with van der Waals surface area (Å²) >= 11 is 7.35. The molecule has 162 valence electrons. The SMILES string of the molecule is Cc1ccc(-n2c(SC(C)C(=O)NCc3ccc(Cl)cc3)nnc2N2CCCC2)cc1. The number of hydrogen-bond acceptors (Lipinski definition) is 5. The predicted octanol–water partition coefficient (Wildman–Crippen LogP) is 4.63. The average molecular weight is 456 g/mol. The third-order valence-electron chi connectivity index (χ3n) is 5.33. The van der Waals surface area contributed by atoms with Crippen molar-refractivity contribution < 1.29 is 4.79 Å². The topological polar surface area (TPSA) is 63.1 Å². The molecule has 31 heavy (non-hydrogen) atoms. The number of aryl methyl sites for hydroxylation is 1. The van der Waals surface area contributed by atoms with Gasteiger partial charge in [0.05, 0.1) is 10.9 Å². The van der Waals surface area contributed by atoms with Crippen molar-refractivity contribution in [2.75, 3.05) is 18.0 Å². The molecule has 6 nitrogen and oxygen atoms in total. The Morgan fingerprint density at radius 1 is 1.10 bits per heavy atom. The molecule has 1 atom stereocenters. The predicted molar refractivity (Wildman–Crippen MR) is 126 cm³/mol. The van der Waals surface area contributed by atoms with Gasteiger partial charge in [-0.05, 0) is 56.5 Å². The van der Waals surface area contributed by atoms with Crippen LogP contribution in [0.1, 0.15) is 30.9 Å². The van der Waals surface area contributed by atoms with Gasteiger partial charge < -0.3 is 10.2 Å². The molecule has 0 bridgehead atoms. The first-order chi connectivity index (χ1) is 15.0. The van der Waals surface area contributed by atoms with Crippen LogP contribution in [0.15, 0.2) is 53.7 Å². The van der Waals surface area contributed by atoms with Crippen molar-refractivity contribution in [3.63, 3.8) is 0 Å². The van der Waals surface area contributed by atoms with Crippen molar-refractivity contribution in [3.8, 4) is 5.69 Å². The van der Waals surface area contributed by atoms with E-state index in [1.807, 2.05) is 31.2 Å². The average Bonchev–Trinajstić information content (AvgIpc) is 3.44. The smallest absolute Gasteiger partial charge is 0.233 e. The second-order valence-electron chi connectivity index (χ2n) is 7.75. The normalized spacial score (nSPS) is 14.6. The third-order valence-corrected chi connectivity index (χ3v) is 6.62. The van der Waals surface area contributed by atoms with Crippen LogP contribution in [-0.2, 0) is 11.3 Å². The number of anilines is 1. The van der Waals surface area contributed by atoms with Crippen LogP contribution in [0, 0.1) is 6.92 Å². The minimum absolute atomic E-state index is 0.0406. The molecular weight excluding hydrogens is 430 g/mol. The number of carbonyl (C=O) groups excluding carboxylic acids is 1. The Labute approximate surface area is 192 Å². The molecule has 1 fully saturated rings. The van der Waals surface area contributed by atoms with E-state index in [2.05, 4.69) is 56.2 Å². The first-order valence-corrected chi connectivity index (χ1v) is 11.7. The molecule has 0 spiro atoms. The maximum Gasteiger partial charge on any atom is 0.233 e. The monoisotopic (exact) mass is 455 g/mol. The molecule has 3 aromatic rings. The molecule has 0 aliphatic carbocycles. The van der Waals surface area contributed by atoms with Crippen molar-refractivity contribution in [1.82, 2.24) is 20.1 Å². The summed E-state index contributed by atoms with van der Waals surface area (Å²) in [7, 11) is 0. The molecule has 4 rings (SSSR count). The van der Waals surface area contributed by atoms with Crippen molar-refractivity contribution in [1.29, 1.82) is 0 Å². The molecule has 2 heterocycles. The van der Waals surface area contributed by atoms with E-state index >= 15 is 0 Å². The molecule has 0 saturated carbocycles. The van der Waals surface area contributed by atoms with Crippen LogP contribution in [-0.4, -0.2) is 39.0 Å². The van der Waals surface area contributed by atoms with Gasteiger partial charge in [0.2, 0.25) is 11.9 Å². The first kappa shape index (κ1) is 21.7. The Morgan fingerprint density at radius 2 is 1.77 bits per heavy atom. The lowest BCUT2D eigenvalue weighted by Crippen LogP contribution is -2.30. The van der Waals surface area contributed by atoms with E-state index in [1.54, 1.807) is 0 Å². The zero-order valence-corrected chi connectivity index (χ0v) is 19.3. The summed E-state index contributed by atoms with van der Waals surface area (Å²) in [5.74, 6) is 0.804. The highest BCUT2D eigenvalue weighted by Crippen LogP contribution is 2.30. The molecule has 1 amide bonds. The number of hydrogen-bond donors (Lipinski definition) is 1. The Hall–Kier alpha value is -2.51. The zero-order chi connectivity index (χ0) is 21.8. The highest BCUT2D eigenvalue weighted by Gasteiger charge is 2.25. The van der Waals surface area contributed by atoms with Crippen LogP contribution in [0.5, 0.6) is 0 Å². The minimum Gasteiger partial charge on any atom is -0.351 e. The standard InChI is InChI=1S/C23H26ClN5OS/c1-16-5-11-20(12-6-16)29-22(28-13-3-4-14-28)26-27-23(29)31-17(2)21(30)25-15-18-7-9-19(24)10-8-18/h5-12,17H,3-4,13-15H2,1-2H3,(H,25,30). The second kappa shape index (κ2) is 9.75.